The molecule has 3 nitrogen and oxygen atoms in total. The van der Waals surface area contributed by atoms with Gasteiger partial charge in [-0.2, -0.15) is 0 Å². The Kier molecular flexibility index (Phi) is 6.82. The number of nitrogens with zero attached hydrogens (tertiary/aromatic N) is 3. The molecule has 9 rings (SSSR count). The molecule has 1 heterocycles. The number of benzene rings is 7. The zero-order chi connectivity index (χ0) is 34.0. The number of fused-ring (bicyclic) bond motifs is 7. The van der Waals surface area contributed by atoms with Crippen LogP contribution in [0.15, 0.2) is 152 Å². The quantitative estimate of drug-likeness (QED) is 0.179. The third-order valence-corrected chi connectivity index (χ3v) is 11.3. The molecule has 240 valence electrons. The van der Waals surface area contributed by atoms with Gasteiger partial charge in [-0.3, -0.25) is 0 Å². The van der Waals surface area contributed by atoms with Crippen molar-refractivity contribution in [3.8, 4) is 56.4 Å². The van der Waals surface area contributed by atoms with Gasteiger partial charge in [-0.15, -0.1) is 0 Å². The van der Waals surface area contributed by atoms with Crippen molar-refractivity contribution in [3.05, 3.63) is 163 Å². The molecule has 0 radical (unpaired) electrons. The van der Waals surface area contributed by atoms with Gasteiger partial charge in [-0.25, -0.2) is 15.0 Å². The maximum absolute atomic E-state index is 5.00. The van der Waals surface area contributed by atoms with Crippen LogP contribution in [-0.2, 0) is 10.8 Å². The maximum atomic E-state index is 5.00. The molecule has 50 heavy (non-hydrogen) atoms. The summed E-state index contributed by atoms with van der Waals surface area (Å²) in [6.45, 7) is 9.62. The van der Waals surface area contributed by atoms with Crippen LogP contribution >= 0.6 is 0 Å². The lowest BCUT2D eigenvalue weighted by atomic mass is 9.55. The highest BCUT2D eigenvalue weighted by atomic mass is 15.0. The Bertz CT molecular complexity index is 2530. The molecular formula is C47H37N3. The molecule has 0 unspecified atom stereocenters. The Morgan fingerprint density at radius 3 is 1.60 bits per heavy atom. The minimum Gasteiger partial charge on any atom is -0.208 e. The summed E-state index contributed by atoms with van der Waals surface area (Å²) in [5, 5.41) is 5.20. The monoisotopic (exact) mass is 643 g/mol. The van der Waals surface area contributed by atoms with Gasteiger partial charge in [0, 0.05) is 16.7 Å². The van der Waals surface area contributed by atoms with Gasteiger partial charge in [0.15, 0.2) is 17.5 Å². The first-order valence-corrected chi connectivity index (χ1v) is 17.4. The van der Waals surface area contributed by atoms with E-state index in [2.05, 4.69) is 119 Å². The molecule has 7 aromatic carbocycles. The summed E-state index contributed by atoms with van der Waals surface area (Å²) >= 11 is 0. The summed E-state index contributed by atoms with van der Waals surface area (Å²) in [6.07, 6.45) is 0. The Hall–Kier alpha value is -5.93. The zero-order valence-electron chi connectivity index (χ0n) is 28.8. The zero-order valence-corrected chi connectivity index (χ0v) is 28.8. The van der Waals surface area contributed by atoms with Crippen molar-refractivity contribution < 1.29 is 0 Å². The van der Waals surface area contributed by atoms with Crippen LogP contribution in [0.4, 0.5) is 0 Å². The van der Waals surface area contributed by atoms with Crippen molar-refractivity contribution in [2.24, 2.45) is 0 Å². The van der Waals surface area contributed by atoms with Crippen LogP contribution in [0.25, 0.3) is 78.0 Å². The Labute approximate surface area is 293 Å². The fraction of sp³-hybridized carbons (Fsp3) is 0.128. The van der Waals surface area contributed by atoms with Crippen molar-refractivity contribution in [2.75, 3.05) is 0 Å². The van der Waals surface area contributed by atoms with Gasteiger partial charge >= 0.3 is 0 Å². The van der Waals surface area contributed by atoms with Crippen LogP contribution in [0.1, 0.15) is 38.8 Å². The average molecular weight is 644 g/mol. The molecule has 8 aromatic rings. The molecule has 0 N–H and O–H groups in total. The first kappa shape index (κ1) is 30.2. The molecule has 3 heteroatoms. The number of hydrogen-bond donors (Lipinski definition) is 0. The lowest BCUT2D eigenvalue weighted by Gasteiger charge is -2.48. The van der Waals surface area contributed by atoms with Gasteiger partial charge in [-0.05, 0) is 77.9 Å². The Morgan fingerprint density at radius 1 is 0.360 bits per heavy atom. The summed E-state index contributed by atoms with van der Waals surface area (Å²) in [6, 6.07) is 54.0. The van der Waals surface area contributed by atoms with Gasteiger partial charge < -0.3 is 0 Å². The van der Waals surface area contributed by atoms with E-state index in [0.29, 0.717) is 17.5 Å². The maximum Gasteiger partial charge on any atom is 0.164 e. The van der Waals surface area contributed by atoms with E-state index in [1.54, 1.807) is 0 Å². The van der Waals surface area contributed by atoms with Crippen LogP contribution in [0.2, 0.25) is 0 Å². The molecule has 0 bridgehead atoms. The van der Waals surface area contributed by atoms with E-state index in [1.165, 1.54) is 49.4 Å². The molecule has 0 fully saturated rings. The summed E-state index contributed by atoms with van der Waals surface area (Å²) in [7, 11) is 0. The molecule has 0 saturated heterocycles. The topological polar surface area (TPSA) is 38.7 Å². The van der Waals surface area contributed by atoms with Crippen LogP contribution in [0.3, 0.4) is 0 Å². The van der Waals surface area contributed by atoms with E-state index in [4.69, 9.17) is 15.0 Å². The average Bonchev–Trinajstić information content (AvgIpc) is 3.17. The van der Waals surface area contributed by atoms with Crippen molar-refractivity contribution in [3.63, 3.8) is 0 Å². The molecule has 0 atom stereocenters. The fourth-order valence-electron chi connectivity index (χ4n) is 7.81. The summed E-state index contributed by atoms with van der Waals surface area (Å²) in [5.41, 5.74) is 10.5. The minimum atomic E-state index is -0.114. The fourth-order valence-corrected chi connectivity index (χ4v) is 7.81. The van der Waals surface area contributed by atoms with E-state index in [1.807, 2.05) is 60.7 Å². The van der Waals surface area contributed by atoms with Gasteiger partial charge in [0.05, 0.1) is 0 Å². The van der Waals surface area contributed by atoms with Crippen LogP contribution < -0.4 is 0 Å². The second-order valence-corrected chi connectivity index (χ2v) is 14.5. The predicted molar refractivity (Wildman–Crippen MR) is 208 cm³/mol. The molecule has 1 aliphatic carbocycles. The van der Waals surface area contributed by atoms with E-state index in [0.717, 1.165) is 22.3 Å². The first-order valence-electron chi connectivity index (χ1n) is 17.4. The van der Waals surface area contributed by atoms with Gasteiger partial charge in [0.25, 0.3) is 0 Å². The second-order valence-electron chi connectivity index (χ2n) is 14.5. The summed E-state index contributed by atoms with van der Waals surface area (Å²) in [5.74, 6) is 1.99. The molecular weight excluding hydrogens is 607 g/mol. The van der Waals surface area contributed by atoms with Crippen molar-refractivity contribution in [2.45, 2.75) is 38.5 Å². The predicted octanol–water partition coefficient (Wildman–Crippen LogP) is 12.1. The smallest absolute Gasteiger partial charge is 0.164 e. The van der Waals surface area contributed by atoms with Crippen LogP contribution in [0, 0.1) is 0 Å². The molecule has 1 aliphatic rings. The highest BCUT2D eigenvalue weighted by Crippen LogP contribution is 2.56. The largest absolute Gasteiger partial charge is 0.208 e. The summed E-state index contributed by atoms with van der Waals surface area (Å²) < 4.78 is 0. The highest BCUT2D eigenvalue weighted by molar-refractivity contribution is 6.13. The SMILES string of the molecule is CC1(C)c2cc(-c3cccc(-c4nc(-c5ccccc5)nc(-c5ccccc5)n4)c3)ccc2-c2c(ccc3c2ccc2ccccc23)C1(C)C. The van der Waals surface area contributed by atoms with E-state index < -0.39 is 0 Å². The van der Waals surface area contributed by atoms with Crippen molar-refractivity contribution in [1.82, 2.24) is 15.0 Å². The third-order valence-electron chi connectivity index (χ3n) is 11.3. The third kappa shape index (κ3) is 4.69. The molecule has 0 aliphatic heterocycles. The standard InChI is InChI=1S/C47H37N3/c1-46(2)40-27-26-37-36-21-12-11-14-30(36)22-24-38(37)42(40)39-25-23-34(29-41(39)47(46,3)4)33-19-13-20-35(28-33)45-49-43(31-15-7-5-8-16-31)48-44(50-45)32-17-9-6-10-18-32/h5-29H,1-4H3. The summed E-state index contributed by atoms with van der Waals surface area (Å²) in [4.78, 5) is 14.9. The van der Waals surface area contributed by atoms with Crippen molar-refractivity contribution >= 4 is 21.5 Å². The molecule has 0 amide bonds. The molecule has 0 spiro atoms. The molecule has 1 aromatic heterocycles. The number of hydrogen-bond acceptors (Lipinski definition) is 3. The van der Waals surface area contributed by atoms with E-state index in [-0.39, 0.29) is 10.8 Å². The van der Waals surface area contributed by atoms with Gasteiger partial charge in [0.2, 0.25) is 0 Å². The Morgan fingerprint density at radius 2 is 0.900 bits per heavy atom. The first-order chi connectivity index (χ1) is 24.3. The number of aromatic nitrogens is 3. The van der Waals surface area contributed by atoms with E-state index in [9.17, 15) is 0 Å². The molecule has 0 saturated carbocycles. The lowest BCUT2D eigenvalue weighted by molar-refractivity contribution is 0.299. The van der Waals surface area contributed by atoms with Gasteiger partial charge in [0.1, 0.15) is 0 Å². The normalized spacial score (nSPS) is 14.3. The highest BCUT2D eigenvalue weighted by Gasteiger charge is 2.46. The van der Waals surface area contributed by atoms with Gasteiger partial charge in [-0.1, -0.05) is 167 Å². The Balaban J connectivity index is 1.20. The van der Waals surface area contributed by atoms with Crippen LogP contribution in [0.5, 0.6) is 0 Å². The van der Waals surface area contributed by atoms with Crippen molar-refractivity contribution in [1.29, 1.82) is 0 Å². The van der Waals surface area contributed by atoms with E-state index >= 15 is 0 Å². The minimum absolute atomic E-state index is 0.0950. The second kappa shape index (κ2) is 11.3. The number of rotatable bonds is 4. The van der Waals surface area contributed by atoms with Crippen LogP contribution in [-0.4, -0.2) is 15.0 Å². The lowest BCUT2D eigenvalue weighted by Crippen LogP contribution is -2.43.